The summed E-state index contributed by atoms with van der Waals surface area (Å²) in [5.74, 6) is 0. The number of hydrogen-bond donors (Lipinski definition) is 2. The molecule has 0 fully saturated rings. The number of hydrogen-bond acceptors (Lipinski definition) is 2. The van der Waals surface area contributed by atoms with Gasteiger partial charge >= 0.3 is 0 Å². The molecule has 0 aromatic rings. The van der Waals surface area contributed by atoms with Gasteiger partial charge < -0.3 is 17.1 Å². The van der Waals surface area contributed by atoms with E-state index in [2.05, 4.69) is 6.92 Å². The number of rotatable bonds is 1. The summed E-state index contributed by atoms with van der Waals surface area (Å²) in [6, 6.07) is 0. The zero-order chi connectivity index (χ0) is 5.15. The largest absolute Gasteiger partial charge is 0.423 e. The quantitative estimate of drug-likeness (QED) is 0.428. The fourth-order valence-electron chi connectivity index (χ4n) is 0. The molecule has 0 rings (SSSR count). The molecule has 2 atom stereocenters. The highest BCUT2D eigenvalue weighted by Crippen LogP contribution is 1.84. The topological polar surface area (TPSA) is 40.5 Å². The summed E-state index contributed by atoms with van der Waals surface area (Å²) in [6.45, 7) is 4.63. The molecule has 0 radical (unpaired) electrons. The zero-order valence-corrected chi connectivity index (χ0v) is 3.76. The minimum atomic E-state index is -0.843. The first-order chi connectivity index (χ1) is 2.64. The van der Waals surface area contributed by atoms with Crippen LogP contribution in [0.25, 0.3) is 0 Å². The summed E-state index contributed by atoms with van der Waals surface area (Å²) in [5, 5.41) is 16.6. The lowest BCUT2D eigenvalue weighted by Crippen LogP contribution is -2.17. The molecular formula is C4H9O2-. The second-order valence-electron chi connectivity index (χ2n) is 1.31. The Bertz CT molecular complexity index is 26.5. The molecule has 2 nitrogen and oxygen atoms in total. The van der Waals surface area contributed by atoms with Crippen LogP contribution in [0.1, 0.15) is 6.92 Å². The molecule has 0 aliphatic carbocycles. The molecule has 6 heavy (non-hydrogen) atoms. The van der Waals surface area contributed by atoms with Crippen LogP contribution in [0.3, 0.4) is 0 Å². The van der Waals surface area contributed by atoms with Crippen molar-refractivity contribution >= 4 is 0 Å². The van der Waals surface area contributed by atoms with E-state index in [9.17, 15) is 0 Å². The summed E-state index contributed by atoms with van der Waals surface area (Å²) in [6.07, 6.45) is -1.55. The van der Waals surface area contributed by atoms with Crippen LogP contribution in [0.5, 0.6) is 0 Å². The van der Waals surface area contributed by atoms with Crippen molar-refractivity contribution < 1.29 is 10.2 Å². The van der Waals surface area contributed by atoms with Gasteiger partial charge in [-0.05, 0) is 13.0 Å². The summed E-state index contributed by atoms with van der Waals surface area (Å²) >= 11 is 0. The molecular weight excluding hydrogens is 80.0 g/mol. The fourth-order valence-corrected chi connectivity index (χ4v) is 0. The van der Waals surface area contributed by atoms with Crippen molar-refractivity contribution in [2.75, 3.05) is 0 Å². The summed E-state index contributed by atoms with van der Waals surface area (Å²) < 4.78 is 0. The SMILES string of the molecule is [CH2-]C(O)C(C)O. The van der Waals surface area contributed by atoms with E-state index in [1.807, 2.05) is 0 Å². The van der Waals surface area contributed by atoms with E-state index in [1.54, 1.807) is 0 Å². The van der Waals surface area contributed by atoms with E-state index < -0.39 is 12.2 Å². The Morgan fingerprint density at radius 2 is 1.67 bits per heavy atom. The Labute approximate surface area is 37.4 Å². The lowest BCUT2D eigenvalue weighted by atomic mass is 10.3. The van der Waals surface area contributed by atoms with E-state index >= 15 is 0 Å². The molecule has 0 aromatic carbocycles. The van der Waals surface area contributed by atoms with Crippen LogP contribution < -0.4 is 0 Å². The number of aliphatic hydroxyl groups excluding tert-OH is 2. The lowest BCUT2D eigenvalue weighted by molar-refractivity contribution is 0.0601. The zero-order valence-electron chi connectivity index (χ0n) is 3.76. The van der Waals surface area contributed by atoms with Crippen LogP contribution >= 0.6 is 0 Å². The Morgan fingerprint density at radius 3 is 1.67 bits per heavy atom. The van der Waals surface area contributed by atoms with E-state index in [0.717, 1.165) is 0 Å². The molecule has 2 N–H and O–H groups in total. The molecule has 0 saturated heterocycles. The van der Waals surface area contributed by atoms with Gasteiger partial charge in [0.15, 0.2) is 0 Å². The van der Waals surface area contributed by atoms with Crippen LogP contribution in [-0.2, 0) is 0 Å². The van der Waals surface area contributed by atoms with Crippen LogP contribution in [0.15, 0.2) is 0 Å². The normalized spacial score (nSPS) is 20.0. The molecule has 0 aliphatic heterocycles. The van der Waals surface area contributed by atoms with Crippen LogP contribution in [-0.4, -0.2) is 22.4 Å². The van der Waals surface area contributed by atoms with Gasteiger partial charge in [-0.1, -0.05) is 0 Å². The average molecular weight is 89.1 g/mol. The van der Waals surface area contributed by atoms with Crippen molar-refractivity contribution in [3.8, 4) is 0 Å². The first-order valence-electron chi connectivity index (χ1n) is 1.84. The van der Waals surface area contributed by atoms with Gasteiger partial charge in [-0.25, -0.2) is 0 Å². The van der Waals surface area contributed by atoms with Crippen molar-refractivity contribution in [2.24, 2.45) is 0 Å². The highest BCUT2D eigenvalue weighted by molar-refractivity contribution is 4.61. The second-order valence-corrected chi connectivity index (χ2v) is 1.31. The van der Waals surface area contributed by atoms with E-state index in [-0.39, 0.29) is 0 Å². The molecule has 0 bridgehead atoms. The Hall–Kier alpha value is -0.0800. The predicted molar refractivity (Wildman–Crippen MR) is 23.0 cm³/mol. The minimum Gasteiger partial charge on any atom is -0.423 e. The minimum absolute atomic E-state index is 0.704. The van der Waals surface area contributed by atoms with Gasteiger partial charge in [0.2, 0.25) is 0 Å². The van der Waals surface area contributed by atoms with Crippen molar-refractivity contribution in [3.63, 3.8) is 0 Å². The van der Waals surface area contributed by atoms with Gasteiger partial charge in [-0.2, -0.15) is 0 Å². The maximum Gasteiger partial charge on any atom is 0.0489 e. The smallest absolute Gasteiger partial charge is 0.0489 e. The van der Waals surface area contributed by atoms with Crippen molar-refractivity contribution in [2.45, 2.75) is 19.1 Å². The molecule has 2 heteroatoms. The molecule has 0 spiro atoms. The van der Waals surface area contributed by atoms with Crippen LogP contribution in [0.2, 0.25) is 0 Å². The molecule has 0 aromatic heterocycles. The standard InChI is InChI=1S/C4H9O2/c1-3(5)4(2)6/h3-6H,1H2,2H3/q-1. The summed E-state index contributed by atoms with van der Waals surface area (Å²) in [5.41, 5.74) is 0. The first-order valence-corrected chi connectivity index (χ1v) is 1.84. The molecule has 0 amide bonds. The Morgan fingerprint density at radius 1 is 1.50 bits per heavy atom. The van der Waals surface area contributed by atoms with Crippen molar-refractivity contribution in [1.29, 1.82) is 0 Å². The monoisotopic (exact) mass is 89.1 g/mol. The van der Waals surface area contributed by atoms with Crippen molar-refractivity contribution in [1.82, 2.24) is 0 Å². The summed E-state index contributed by atoms with van der Waals surface area (Å²) in [4.78, 5) is 0. The summed E-state index contributed by atoms with van der Waals surface area (Å²) in [7, 11) is 0. The van der Waals surface area contributed by atoms with Gasteiger partial charge in [0.1, 0.15) is 0 Å². The third-order valence-electron chi connectivity index (χ3n) is 0.557. The maximum absolute atomic E-state index is 8.32. The van der Waals surface area contributed by atoms with Gasteiger partial charge in [-0.3, -0.25) is 0 Å². The molecule has 0 heterocycles. The molecule has 38 valence electrons. The van der Waals surface area contributed by atoms with Gasteiger partial charge in [0.25, 0.3) is 0 Å². The Kier molecular flexibility index (Phi) is 2.13. The van der Waals surface area contributed by atoms with Gasteiger partial charge in [0, 0.05) is 6.10 Å². The third kappa shape index (κ3) is 2.18. The Balaban J connectivity index is 2.99. The van der Waals surface area contributed by atoms with Crippen molar-refractivity contribution in [3.05, 3.63) is 6.92 Å². The van der Waals surface area contributed by atoms with Gasteiger partial charge in [-0.15, -0.1) is 0 Å². The number of aliphatic hydroxyl groups is 2. The van der Waals surface area contributed by atoms with E-state index in [0.29, 0.717) is 0 Å². The molecule has 2 unspecified atom stereocenters. The third-order valence-corrected chi connectivity index (χ3v) is 0.557. The fraction of sp³-hybridized carbons (Fsp3) is 0.750. The van der Waals surface area contributed by atoms with Crippen LogP contribution in [0, 0.1) is 6.92 Å². The molecule has 0 saturated carbocycles. The van der Waals surface area contributed by atoms with E-state index in [4.69, 9.17) is 10.2 Å². The van der Waals surface area contributed by atoms with Crippen LogP contribution in [0.4, 0.5) is 0 Å². The first kappa shape index (κ1) is 5.92. The second kappa shape index (κ2) is 2.16. The lowest BCUT2D eigenvalue weighted by Gasteiger charge is -2.11. The van der Waals surface area contributed by atoms with E-state index in [1.165, 1.54) is 6.92 Å². The molecule has 0 aliphatic rings. The maximum atomic E-state index is 8.32. The highest BCUT2D eigenvalue weighted by Gasteiger charge is 1.92. The predicted octanol–water partition coefficient (Wildman–Crippen LogP) is -0.438. The van der Waals surface area contributed by atoms with Gasteiger partial charge in [0.05, 0.1) is 0 Å². The average Bonchev–Trinajstić information content (AvgIpc) is 1.36. The highest BCUT2D eigenvalue weighted by atomic mass is 16.3.